The third-order valence-electron chi connectivity index (χ3n) is 2.69. The number of hydrogen-bond donors (Lipinski definition) is 2. The van der Waals surface area contributed by atoms with Crippen LogP contribution in [0.5, 0.6) is 0 Å². The number of aromatic nitrogens is 2. The predicted octanol–water partition coefficient (Wildman–Crippen LogP) is 1.18. The zero-order valence-corrected chi connectivity index (χ0v) is 11.5. The number of hydrogen-bond acceptors (Lipinski definition) is 5. The van der Waals surface area contributed by atoms with E-state index >= 15 is 0 Å². The molecule has 1 heterocycles. The number of anilines is 1. The lowest BCUT2D eigenvalue weighted by molar-refractivity contribution is 0.589. The first-order valence-electron chi connectivity index (χ1n) is 5.71. The zero-order valence-electron chi connectivity index (χ0n) is 10.7. The Balaban J connectivity index is 2.47. The SMILES string of the molecule is Cc1c(F)cc(CN)cc1S(=O)(=O)Nc1cncnc1. The van der Waals surface area contributed by atoms with Gasteiger partial charge in [0.1, 0.15) is 12.1 Å². The molecule has 0 aliphatic heterocycles. The van der Waals surface area contributed by atoms with Gasteiger partial charge in [0.2, 0.25) is 0 Å². The summed E-state index contributed by atoms with van der Waals surface area (Å²) >= 11 is 0. The molecule has 0 spiro atoms. The fourth-order valence-corrected chi connectivity index (χ4v) is 3.00. The normalized spacial score (nSPS) is 11.3. The summed E-state index contributed by atoms with van der Waals surface area (Å²) in [6, 6.07) is 2.57. The maximum absolute atomic E-state index is 13.7. The Morgan fingerprint density at radius 3 is 2.55 bits per heavy atom. The molecule has 2 rings (SSSR count). The first kappa shape index (κ1) is 14.4. The third-order valence-corrected chi connectivity index (χ3v) is 4.20. The molecule has 0 aliphatic rings. The Kier molecular flexibility index (Phi) is 3.96. The predicted molar refractivity (Wildman–Crippen MR) is 71.9 cm³/mol. The van der Waals surface area contributed by atoms with Gasteiger partial charge in [0, 0.05) is 12.1 Å². The number of rotatable bonds is 4. The highest BCUT2D eigenvalue weighted by Gasteiger charge is 2.20. The van der Waals surface area contributed by atoms with E-state index in [2.05, 4.69) is 14.7 Å². The van der Waals surface area contributed by atoms with Crippen molar-refractivity contribution in [1.82, 2.24) is 9.97 Å². The molecule has 1 aromatic carbocycles. The van der Waals surface area contributed by atoms with Crippen molar-refractivity contribution < 1.29 is 12.8 Å². The van der Waals surface area contributed by atoms with Crippen LogP contribution in [-0.2, 0) is 16.6 Å². The van der Waals surface area contributed by atoms with Crippen LogP contribution in [-0.4, -0.2) is 18.4 Å². The molecule has 0 bridgehead atoms. The molecular weight excluding hydrogens is 283 g/mol. The average molecular weight is 296 g/mol. The van der Waals surface area contributed by atoms with Gasteiger partial charge in [-0.2, -0.15) is 0 Å². The van der Waals surface area contributed by atoms with Crippen molar-refractivity contribution in [2.75, 3.05) is 4.72 Å². The maximum Gasteiger partial charge on any atom is 0.262 e. The van der Waals surface area contributed by atoms with E-state index in [9.17, 15) is 12.8 Å². The van der Waals surface area contributed by atoms with E-state index in [-0.39, 0.29) is 22.7 Å². The van der Waals surface area contributed by atoms with E-state index in [0.717, 1.165) is 0 Å². The number of nitrogens with zero attached hydrogens (tertiary/aromatic N) is 2. The van der Waals surface area contributed by atoms with E-state index in [0.29, 0.717) is 5.56 Å². The minimum absolute atomic E-state index is 0.0338. The van der Waals surface area contributed by atoms with Crippen molar-refractivity contribution in [3.8, 4) is 0 Å². The smallest absolute Gasteiger partial charge is 0.262 e. The largest absolute Gasteiger partial charge is 0.326 e. The molecule has 6 nitrogen and oxygen atoms in total. The van der Waals surface area contributed by atoms with Crippen LogP contribution in [0, 0.1) is 12.7 Å². The summed E-state index contributed by atoms with van der Waals surface area (Å²) < 4.78 is 40.6. The molecule has 0 unspecified atom stereocenters. The standard InChI is InChI=1S/C12H13FN4O2S/c1-8-11(13)2-9(4-14)3-12(8)20(18,19)17-10-5-15-7-16-6-10/h2-3,5-7,17H,4,14H2,1H3. The van der Waals surface area contributed by atoms with Gasteiger partial charge in [0.05, 0.1) is 23.0 Å². The molecular formula is C12H13FN4O2S. The van der Waals surface area contributed by atoms with Crippen molar-refractivity contribution in [2.45, 2.75) is 18.4 Å². The van der Waals surface area contributed by atoms with Crippen molar-refractivity contribution in [2.24, 2.45) is 5.73 Å². The number of nitrogens with one attached hydrogen (secondary N) is 1. The zero-order chi connectivity index (χ0) is 14.8. The quantitative estimate of drug-likeness (QED) is 0.883. The van der Waals surface area contributed by atoms with Gasteiger partial charge in [0.25, 0.3) is 10.0 Å². The van der Waals surface area contributed by atoms with Gasteiger partial charge >= 0.3 is 0 Å². The van der Waals surface area contributed by atoms with E-state index in [1.165, 1.54) is 37.8 Å². The van der Waals surface area contributed by atoms with Crippen LogP contribution in [0.4, 0.5) is 10.1 Å². The lowest BCUT2D eigenvalue weighted by atomic mass is 10.1. The fourth-order valence-electron chi connectivity index (χ4n) is 1.67. The van der Waals surface area contributed by atoms with Gasteiger partial charge in [-0.15, -0.1) is 0 Å². The van der Waals surface area contributed by atoms with Crippen molar-refractivity contribution >= 4 is 15.7 Å². The van der Waals surface area contributed by atoms with Gasteiger partial charge in [0.15, 0.2) is 0 Å². The number of benzene rings is 1. The molecule has 20 heavy (non-hydrogen) atoms. The molecule has 3 N–H and O–H groups in total. The third kappa shape index (κ3) is 2.91. The fraction of sp³-hybridized carbons (Fsp3) is 0.167. The molecule has 2 aromatic rings. The lowest BCUT2D eigenvalue weighted by Gasteiger charge is -2.12. The summed E-state index contributed by atoms with van der Waals surface area (Å²) in [6.45, 7) is 1.44. The van der Waals surface area contributed by atoms with E-state index in [1.807, 2.05) is 0 Å². The summed E-state index contributed by atoms with van der Waals surface area (Å²) in [7, 11) is -3.92. The second kappa shape index (κ2) is 5.51. The van der Waals surface area contributed by atoms with Crippen molar-refractivity contribution in [3.63, 3.8) is 0 Å². The topological polar surface area (TPSA) is 98.0 Å². The molecule has 8 heteroatoms. The Labute approximate surface area is 115 Å². The van der Waals surface area contributed by atoms with Crippen molar-refractivity contribution in [1.29, 1.82) is 0 Å². The molecule has 0 amide bonds. The summed E-state index contributed by atoms with van der Waals surface area (Å²) in [5, 5.41) is 0. The van der Waals surface area contributed by atoms with E-state index in [1.54, 1.807) is 0 Å². The second-order valence-corrected chi connectivity index (χ2v) is 5.79. The van der Waals surface area contributed by atoms with Crippen molar-refractivity contribution in [3.05, 3.63) is 47.8 Å². The van der Waals surface area contributed by atoms with Gasteiger partial charge in [-0.3, -0.25) is 4.72 Å². The molecule has 0 aliphatic carbocycles. The summed E-state index contributed by atoms with van der Waals surface area (Å²) in [5.74, 6) is -0.613. The van der Waals surface area contributed by atoms with Gasteiger partial charge in [-0.25, -0.2) is 22.8 Å². The Morgan fingerprint density at radius 2 is 1.95 bits per heavy atom. The highest BCUT2D eigenvalue weighted by atomic mass is 32.2. The van der Waals surface area contributed by atoms with Crippen LogP contribution in [0.1, 0.15) is 11.1 Å². The monoisotopic (exact) mass is 296 g/mol. The van der Waals surface area contributed by atoms with Crippen LogP contribution >= 0.6 is 0 Å². The summed E-state index contributed by atoms with van der Waals surface area (Å²) in [5.41, 5.74) is 6.07. The molecule has 0 atom stereocenters. The van der Waals surface area contributed by atoms with Crippen LogP contribution in [0.2, 0.25) is 0 Å². The Morgan fingerprint density at radius 1 is 1.30 bits per heavy atom. The number of halogens is 1. The van der Waals surface area contributed by atoms with E-state index < -0.39 is 15.8 Å². The molecule has 0 fully saturated rings. The number of nitrogens with two attached hydrogens (primary N) is 1. The van der Waals surface area contributed by atoms with Crippen LogP contribution in [0.15, 0.2) is 35.7 Å². The highest BCUT2D eigenvalue weighted by molar-refractivity contribution is 7.92. The molecule has 0 saturated heterocycles. The average Bonchev–Trinajstić information content (AvgIpc) is 2.42. The molecule has 106 valence electrons. The number of sulfonamides is 1. The highest BCUT2D eigenvalue weighted by Crippen LogP contribution is 2.22. The van der Waals surface area contributed by atoms with Crippen LogP contribution < -0.4 is 10.5 Å². The van der Waals surface area contributed by atoms with Gasteiger partial charge in [-0.05, 0) is 24.6 Å². The molecule has 1 aromatic heterocycles. The van der Waals surface area contributed by atoms with E-state index in [4.69, 9.17) is 5.73 Å². The first-order valence-corrected chi connectivity index (χ1v) is 7.19. The minimum atomic E-state index is -3.92. The Hall–Kier alpha value is -2.06. The van der Waals surface area contributed by atoms with Crippen LogP contribution in [0.25, 0.3) is 0 Å². The molecule has 0 saturated carbocycles. The summed E-state index contributed by atoms with van der Waals surface area (Å²) in [4.78, 5) is 7.26. The lowest BCUT2D eigenvalue weighted by Crippen LogP contribution is -2.16. The van der Waals surface area contributed by atoms with Gasteiger partial charge < -0.3 is 5.73 Å². The second-order valence-electron chi connectivity index (χ2n) is 4.14. The Bertz CT molecular complexity index is 720. The first-order chi connectivity index (χ1) is 9.44. The van der Waals surface area contributed by atoms with Crippen LogP contribution in [0.3, 0.4) is 0 Å². The van der Waals surface area contributed by atoms with Gasteiger partial charge in [-0.1, -0.05) is 0 Å². The minimum Gasteiger partial charge on any atom is -0.326 e. The summed E-state index contributed by atoms with van der Waals surface area (Å²) in [6.07, 6.45) is 3.89. The maximum atomic E-state index is 13.7. The molecule has 0 radical (unpaired) electrons.